The summed E-state index contributed by atoms with van der Waals surface area (Å²) in [6.07, 6.45) is -3.08. The molecule has 3 nitrogen and oxygen atoms in total. The summed E-state index contributed by atoms with van der Waals surface area (Å²) in [5.41, 5.74) is 7.67. The Labute approximate surface area is 170 Å². The van der Waals surface area contributed by atoms with Crippen LogP contribution in [0.25, 0.3) is 11.3 Å². The van der Waals surface area contributed by atoms with Crippen LogP contribution < -0.4 is 11.1 Å². The van der Waals surface area contributed by atoms with Crippen molar-refractivity contribution in [2.45, 2.75) is 25.1 Å². The first-order valence-electron chi connectivity index (χ1n) is 8.71. The summed E-state index contributed by atoms with van der Waals surface area (Å²) in [4.78, 5) is 4.53. The summed E-state index contributed by atoms with van der Waals surface area (Å²) in [7, 11) is 0. The van der Waals surface area contributed by atoms with E-state index in [2.05, 4.69) is 10.3 Å². The topological polar surface area (TPSA) is 50.9 Å². The summed E-state index contributed by atoms with van der Waals surface area (Å²) in [6.45, 7) is 0.634. The summed E-state index contributed by atoms with van der Waals surface area (Å²) in [5, 5.41) is 6.61. The predicted molar refractivity (Wildman–Crippen MR) is 109 cm³/mol. The molecule has 1 unspecified atom stereocenters. The van der Waals surface area contributed by atoms with E-state index in [-0.39, 0.29) is 0 Å². The summed E-state index contributed by atoms with van der Waals surface area (Å²) >= 11 is 7.49. The van der Waals surface area contributed by atoms with Gasteiger partial charge in [-0.25, -0.2) is 4.98 Å². The van der Waals surface area contributed by atoms with Crippen molar-refractivity contribution < 1.29 is 13.2 Å². The van der Waals surface area contributed by atoms with Crippen molar-refractivity contribution in [1.82, 2.24) is 4.98 Å². The van der Waals surface area contributed by atoms with Crippen LogP contribution in [-0.4, -0.2) is 11.5 Å². The molecule has 1 aromatic heterocycles. The smallest absolute Gasteiger partial charge is 0.362 e. The van der Waals surface area contributed by atoms with Gasteiger partial charge in [0.1, 0.15) is 0 Å². The Balaban J connectivity index is 1.50. The highest BCUT2D eigenvalue weighted by Gasteiger charge is 2.30. The van der Waals surface area contributed by atoms with Crippen LogP contribution in [0.5, 0.6) is 0 Å². The fourth-order valence-corrected chi connectivity index (χ4v) is 3.70. The molecule has 0 radical (unpaired) electrons. The molecule has 0 saturated heterocycles. The number of halogens is 4. The maximum atomic E-state index is 12.8. The molecule has 1 atom stereocenters. The van der Waals surface area contributed by atoms with Gasteiger partial charge in [-0.05, 0) is 42.7 Å². The zero-order chi connectivity index (χ0) is 20.1. The molecular formula is C20H19ClF3N3S. The lowest BCUT2D eigenvalue weighted by Gasteiger charge is -2.14. The molecule has 1 heterocycles. The number of benzene rings is 2. The van der Waals surface area contributed by atoms with Crippen molar-refractivity contribution in [3.8, 4) is 11.3 Å². The molecular weight excluding hydrogens is 407 g/mol. The zero-order valence-electron chi connectivity index (χ0n) is 14.8. The van der Waals surface area contributed by atoms with Gasteiger partial charge in [0.15, 0.2) is 5.13 Å². The molecule has 0 bridgehead atoms. The minimum Gasteiger partial charge on any atom is -0.362 e. The van der Waals surface area contributed by atoms with Gasteiger partial charge in [-0.15, -0.1) is 11.3 Å². The Morgan fingerprint density at radius 1 is 1.14 bits per heavy atom. The van der Waals surface area contributed by atoms with E-state index >= 15 is 0 Å². The van der Waals surface area contributed by atoms with Crippen molar-refractivity contribution in [1.29, 1.82) is 0 Å². The quantitative estimate of drug-likeness (QED) is 0.432. The van der Waals surface area contributed by atoms with Crippen LogP contribution in [0.15, 0.2) is 53.9 Å². The highest BCUT2D eigenvalue weighted by atomic mass is 35.5. The van der Waals surface area contributed by atoms with Gasteiger partial charge >= 0.3 is 6.18 Å². The molecule has 148 valence electrons. The second kappa shape index (κ2) is 8.94. The average molecular weight is 426 g/mol. The molecule has 0 aliphatic heterocycles. The van der Waals surface area contributed by atoms with Crippen LogP contribution in [0.4, 0.5) is 18.3 Å². The molecule has 3 N–H and O–H groups in total. The van der Waals surface area contributed by atoms with Gasteiger partial charge in [-0.2, -0.15) is 13.2 Å². The molecule has 0 amide bonds. The zero-order valence-corrected chi connectivity index (χ0v) is 16.4. The van der Waals surface area contributed by atoms with Gasteiger partial charge in [-0.3, -0.25) is 0 Å². The standard InChI is InChI=1S/C20H19ClF3N3S/c21-16-7-2-5-14(11-16)18-12-28-19(27-18)26-9-3-8-17(25)13-4-1-6-15(10-13)20(22,23)24/h1-2,4-7,10-12,17H,3,8-9,25H2,(H,26,27). The van der Waals surface area contributed by atoms with Crippen molar-refractivity contribution >= 4 is 28.1 Å². The lowest BCUT2D eigenvalue weighted by molar-refractivity contribution is -0.137. The number of anilines is 1. The Morgan fingerprint density at radius 2 is 1.93 bits per heavy atom. The molecule has 3 rings (SSSR count). The summed E-state index contributed by atoms with van der Waals surface area (Å²) in [5.74, 6) is 0. The van der Waals surface area contributed by atoms with E-state index in [1.807, 2.05) is 29.6 Å². The first-order chi connectivity index (χ1) is 13.3. The third kappa shape index (κ3) is 5.47. The third-order valence-electron chi connectivity index (χ3n) is 4.23. The van der Waals surface area contributed by atoms with Gasteiger partial charge in [-0.1, -0.05) is 35.9 Å². The number of rotatable bonds is 7. The molecule has 28 heavy (non-hydrogen) atoms. The number of nitrogens with zero attached hydrogens (tertiary/aromatic N) is 1. The number of nitrogens with one attached hydrogen (secondary N) is 1. The Kier molecular flexibility index (Phi) is 6.59. The highest BCUT2D eigenvalue weighted by Crippen LogP contribution is 2.31. The Hall–Kier alpha value is -2.09. The minimum absolute atomic E-state index is 0.442. The molecule has 0 aliphatic carbocycles. The Bertz CT molecular complexity index is 927. The van der Waals surface area contributed by atoms with E-state index in [0.717, 1.165) is 28.5 Å². The Morgan fingerprint density at radius 3 is 2.68 bits per heavy atom. The largest absolute Gasteiger partial charge is 0.416 e. The maximum Gasteiger partial charge on any atom is 0.416 e. The molecule has 0 saturated carbocycles. The van der Waals surface area contributed by atoms with Crippen LogP contribution >= 0.6 is 22.9 Å². The van der Waals surface area contributed by atoms with Gasteiger partial charge in [0, 0.05) is 28.6 Å². The fourth-order valence-electron chi connectivity index (χ4n) is 2.76. The summed E-state index contributed by atoms with van der Waals surface area (Å²) < 4.78 is 38.4. The maximum absolute atomic E-state index is 12.8. The summed E-state index contributed by atoms with van der Waals surface area (Å²) in [6, 6.07) is 12.2. The van der Waals surface area contributed by atoms with E-state index in [1.165, 1.54) is 17.4 Å². The SMILES string of the molecule is NC(CCCNc1nc(-c2cccc(Cl)c2)cs1)c1cccc(C(F)(F)F)c1. The first kappa shape index (κ1) is 20.6. The van der Waals surface area contributed by atoms with E-state index in [9.17, 15) is 13.2 Å². The van der Waals surface area contributed by atoms with Crippen LogP contribution in [0.1, 0.15) is 30.0 Å². The number of hydrogen-bond donors (Lipinski definition) is 2. The molecule has 0 spiro atoms. The molecule has 2 aromatic carbocycles. The van der Waals surface area contributed by atoms with E-state index in [0.29, 0.717) is 30.0 Å². The fraction of sp³-hybridized carbons (Fsp3) is 0.250. The van der Waals surface area contributed by atoms with Crippen molar-refractivity contribution in [3.05, 3.63) is 70.1 Å². The van der Waals surface area contributed by atoms with Crippen molar-refractivity contribution in [3.63, 3.8) is 0 Å². The normalized spacial score (nSPS) is 12.8. The molecule has 8 heteroatoms. The van der Waals surface area contributed by atoms with Crippen LogP contribution in [0.2, 0.25) is 5.02 Å². The highest BCUT2D eigenvalue weighted by molar-refractivity contribution is 7.14. The second-order valence-electron chi connectivity index (χ2n) is 6.35. The van der Waals surface area contributed by atoms with Crippen molar-refractivity contribution in [2.24, 2.45) is 5.73 Å². The lowest BCUT2D eigenvalue weighted by atomic mass is 10.0. The van der Waals surface area contributed by atoms with E-state index in [4.69, 9.17) is 17.3 Å². The number of aromatic nitrogens is 1. The van der Waals surface area contributed by atoms with Gasteiger partial charge < -0.3 is 11.1 Å². The number of hydrogen-bond acceptors (Lipinski definition) is 4. The van der Waals surface area contributed by atoms with E-state index < -0.39 is 17.8 Å². The molecule has 3 aromatic rings. The predicted octanol–water partition coefficient (Wildman–Crippen LogP) is 6.37. The van der Waals surface area contributed by atoms with Gasteiger partial charge in [0.25, 0.3) is 0 Å². The minimum atomic E-state index is -4.36. The molecule has 0 fully saturated rings. The molecule has 0 aliphatic rings. The second-order valence-corrected chi connectivity index (χ2v) is 7.64. The van der Waals surface area contributed by atoms with Crippen LogP contribution in [0, 0.1) is 0 Å². The van der Waals surface area contributed by atoms with E-state index in [1.54, 1.807) is 6.07 Å². The average Bonchev–Trinajstić information content (AvgIpc) is 3.13. The van der Waals surface area contributed by atoms with Crippen molar-refractivity contribution in [2.75, 3.05) is 11.9 Å². The number of nitrogens with two attached hydrogens (primary N) is 1. The van der Waals surface area contributed by atoms with Gasteiger partial charge in [0.2, 0.25) is 0 Å². The van der Waals surface area contributed by atoms with Crippen LogP contribution in [-0.2, 0) is 6.18 Å². The first-order valence-corrected chi connectivity index (χ1v) is 9.97. The van der Waals surface area contributed by atoms with Crippen LogP contribution in [0.3, 0.4) is 0 Å². The number of thiazole rings is 1. The third-order valence-corrected chi connectivity index (χ3v) is 5.27. The monoisotopic (exact) mass is 425 g/mol. The number of alkyl halides is 3. The lowest BCUT2D eigenvalue weighted by Crippen LogP contribution is -2.14. The van der Waals surface area contributed by atoms with Gasteiger partial charge in [0.05, 0.1) is 11.3 Å².